The van der Waals surface area contributed by atoms with Gasteiger partial charge in [-0.15, -0.1) is 11.3 Å². The molecule has 0 aliphatic rings. The Bertz CT molecular complexity index is 2510. The molecule has 1 aromatic heterocycles. The number of anilines is 3. The second-order valence-corrected chi connectivity index (χ2v) is 13.2. The van der Waals surface area contributed by atoms with Crippen molar-refractivity contribution in [1.82, 2.24) is 0 Å². The number of fused-ring (bicyclic) bond motifs is 3. The molecule has 0 saturated carbocycles. The van der Waals surface area contributed by atoms with Crippen molar-refractivity contribution in [2.75, 3.05) is 4.90 Å². The predicted molar refractivity (Wildman–Crippen MR) is 191 cm³/mol. The average Bonchev–Trinajstić information content (AvgIpc) is 3.44. The monoisotopic (exact) mass is 647 g/mol. The van der Waals surface area contributed by atoms with E-state index < -0.39 is 0 Å². The number of hydrogen-bond donors (Lipinski definition) is 0. The lowest BCUT2D eigenvalue weighted by molar-refractivity contribution is 0.628. The first-order valence-corrected chi connectivity index (χ1v) is 16.2. The lowest BCUT2D eigenvalue weighted by Crippen LogP contribution is -2.09. The third-order valence-electron chi connectivity index (χ3n) is 8.75. The quantitative estimate of drug-likeness (QED) is 0.172. The van der Waals surface area contributed by atoms with Crippen LogP contribution in [0.4, 0.5) is 21.5 Å². The van der Waals surface area contributed by atoms with Gasteiger partial charge < -0.3 is 4.90 Å². The highest BCUT2D eigenvalue weighted by molar-refractivity contribution is 9.10. The molecule has 1 nitrogen and oxygen atoms in total. The van der Waals surface area contributed by atoms with Crippen LogP contribution in [0.5, 0.6) is 0 Å². The largest absolute Gasteiger partial charge is 0.310 e. The Hall–Kier alpha value is -4.77. The maximum absolute atomic E-state index is 14.0. The van der Waals surface area contributed by atoms with Gasteiger partial charge in [0.15, 0.2) is 0 Å². The van der Waals surface area contributed by atoms with Gasteiger partial charge in [0.2, 0.25) is 0 Å². The van der Waals surface area contributed by atoms with E-state index in [1.807, 2.05) is 12.1 Å². The van der Waals surface area contributed by atoms with Crippen LogP contribution in [-0.2, 0) is 0 Å². The van der Waals surface area contributed by atoms with Gasteiger partial charge in [0, 0.05) is 41.7 Å². The summed E-state index contributed by atoms with van der Waals surface area (Å²) in [5.74, 6) is -0.245. The van der Waals surface area contributed by atoms with E-state index in [9.17, 15) is 4.39 Å². The molecule has 0 unspecified atom stereocenters. The highest BCUT2D eigenvalue weighted by Crippen LogP contribution is 2.43. The van der Waals surface area contributed by atoms with Gasteiger partial charge in [0.05, 0.1) is 0 Å². The van der Waals surface area contributed by atoms with E-state index in [0.717, 1.165) is 27.1 Å². The zero-order valence-corrected chi connectivity index (χ0v) is 25.8. The van der Waals surface area contributed by atoms with Crippen molar-refractivity contribution in [3.63, 3.8) is 0 Å². The Balaban J connectivity index is 1.19. The third-order valence-corrected chi connectivity index (χ3v) is 10.6. The Morgan fingerprint density at radius 2 is 1.09 bits per heavy atom. The van der Waals surface area contributed by atoms with Gasteiger partial charge in [-0.1, -0.05) is 94.8 Å². The number of nitrogens with zero attached hydrogens (tertiary/aromatic N) is 1. The summed E-state index contributed by atoms with van der Waals surface area (Å²) in [4.78, 5) is 2.20. The number of rotatable bonds is 4. The van der Waals surface area contributed by atoms with Crippen LogP contribution in [-0.4, -0.2) is 0 Å². The minimum Gasteiger partial charge on any atom is -0.310 e. The van der Waals surface area contributed by atoms with Crippen LogP contribution in [0.3, 0.4) is 0 Å². The fraction of sp³-hybridized carbons (Fsp3) is 0. The second kappa shape index (κ2) is 9.88. The standard InChI is InChI=1S/C40H23BrFNS/c41-36-22-10-26-8-19-34-31(18-7-25-9-20-35(36)40(26)39(25)34)24-5-13-28(14-6-24)43(29-15-11-27(42)12-16-29)30-17-21-33-32-3-1-2-4-37(32)44-38(33)23-30/h1-23H. The summed E-state index contributed by atoms with van der Waals surface area (Å²) >= 11 is 5.57. The normalized spacial score (nSPS) is 11.9. The fourth-order valence-electron chi connectivity index (χ4n) is 6.70. The Morgan fingerprint density at radius 3 is 1.89 bits per heavy atom. The maximum Gasteiger partial charge on any atom is 0.123 e. The first kappa shape index (κ1) is 25.7. The first-order chi connectivity index (χ1) is 21.6. The lowest BCUT2D eigenvalue weighted by Gasteiger charge is -2.26. The summed E-state index contributed by atoms with van der Waals surface area (Å²) in [5, 5.41) is 10.1. The van der Waals surface area contributed by atoms with Crippen molar-refractivity contribution in [2.24, 2.45) is 0 Å². The highest BCUT2D eigenvalue weighted by Gasteiger charge is 2.17. The average molecular weight is 649 g/mol. The Kier molecular flexibility index (Phi) is 5.77. The molecule has 0 bridgehead atoms. The molecule has 44 heavy (non-hydrogen) atoms. The van der Waals surface area contributed by atoms with E-state index >= 15 is 0 Å². The van der Waals surface area contributed by atoms with Gasteiger partial charge in [-0.05, 0) is 104 Å². The summed E-state index contributed by atoms with van der Waals surface area (Å²) in [5.41, 5.74) is 5.33. The van der Waals surface area contributed by atoms with E-state index in [1.54, 1.807) is 11.3 Å². The highest BCUT2D eigenvalue weighted by atomic mass is 79.9. The van der Waals surface area contributed by atoms with E-state index in [0.29, 0.717) is 0 Å². The van der Waals surface area contributed by atoms with Crippen molar-refractivity contribution >= 4 is 96.8 Å². The van der Waals surface area contributed by atoms with Gasteiger partial charge in [-0.2, -0.15) is 0 Å². The Morgan fingerprint density at radius 1 is 0.500 bits per heavy atom. The van der Waals surface area contributed by atoms with Crippen molar-refractivity contribution in [1.29, 1.82) is 0 Å². The number of halogens is 2. The van der Waals surface area contributed by atoms with E-state index in [4.69, 9.17) is 0 Å². The van der Waals surface area contributed by atoms with Gasteiger partial charge >= 0.3 is 0 Å². The summed E-state index contributed by atoms with van der Waals surface area (Å²) in [6.45, 7) is 0. The minimum atomic E-state index is -0.245. The maximum atomic E-state index is 14.0. The van der Waals surface area contributed by atoms with E-state index in [-0.39, 0.29) is 5.82 Å². The SMILES string of the molecule is Fc1ccc(N(c2ccc(-c3ccc4ccc5c(Br)ccc6ccc3c4c65)cc2)c2ccc3c(c2)sc2ccccc23)cc1. The molecule has 4 heteroatoms. The molecule has 0 amide bonds. The molecule has 0 aliphatic carbocycles. The van der Waals surface area contributed by atoms with Crippen molar-refractivity contribution in [3.05, 3.63) is 150 Å². The molecule has 0 atom stereocenters. The van der Waals surface area contributed by atoms with Gasteiger partial charge in [-0.25, -0.2) is 4.39 Å². The molecule has 0 aliphatic heterocycles. The van der Waals surface area contributed by atoms with Crippen LogP contribution < -0.4 is 4.90 Å². The van der Waals surface area contributed by atoms with Crippen molar-refractivity contribution in [2.45, 2.75) is 0 Å². The van der Waals surface area contributed by atoms with Crippen LogP contribution in [0.25, 0.3) is 63.6 Å². The molecule has 0 saturated heterocycles. The van der Waals surface area contributed by atoms with Crippen molar-refractivity contribution in [3.8, 4) is 11.1 Å². The number of benzene rings is 8. The molecule has 0 N–H and O–H groups in total. The molecule has 0 spiro atoms. The predicted octanol–water partition coefficient (Wildman–Crippen LogP) is 13.0. The zero-order valence-electron chi connectivity index (χ0n) is 23.4. The molecule has 9 aromatic rings. The molecule has 8 aromatic carbocycles. The van der Waals surface area contributed by atoms with Gasteiger partial charge in [-0.3, -0.25) is 0 Å². The number of thiophene rings is 1. The van der Waals surface area contributed by atoms with Crippen molar-refractivity contribution < 1.29 is 4.39 Å². The van der Waals surface area contributed by atoms with Gasteiger partial charge in [0.25, 0.3) is 0 Å². The van der Waals surface area contributed by atoms with Crippen LogP contribution >= 0.6 is 27.3 Å². The smallest absolute Gasteiger partial charge is 0.123 e. The van der Waals surface area contributed by atoms with E-state index in [2.05, 4.69) is 136 Å². The molecular formula is C40H23BrFNS. The zero-order chi connectivity index (χ0) is 29.4. The Labute approximate surface area is 265 Å². The number of hydrogen-bond acceptors (Lipinski definition) is 2. The topological polar surface area (TPSA) is 3.24 Å². The lowest BCUT2D eigenvalue weighted by atomic mass is 9.90. The van der Waals surface area contributed by atoms with E-state index in [1.165, 1.54) is 70.2 Å². The molecule has 0 radical (unpaired) electrons. The van der Waals surface area contributed by atoms with Crippen LogP contribution in [0, 0.1) is 5.82 Å². The van der Waals surface area contributed by atoms with Gasteiger partial charge in [0.1, 0.15) is 5.82 Å². The molecule has 0 fully saturated rings. The summed E-state index contributed by atoms with van der Waals surface area (Å²) in [6.07, 6.45) is 0. The molecule has 1 heterocycles. The first-order valence-electron chi connectivity index (χ1n) is 14.6. The summed E-state index contributed by atoms with van der Waals surface area (Å²) in [7, 11) is 0. The summed E-state index contributed by atoms with van der Waals surface area (Å²) in [6, 6.07) is 48.3. The molecule has 9 rings (SSSR count). The van der Waals surface area contributed by atoms with Crippen LogP contribution in [0.15, 0.2) is 144 Å². The minimum absolute atomic E-state index is 0.245. The van der Waals surface area contributed by atoms with Crippen LogP contribution in [0.2, 0.25) is 0 Å². The molecular weight excluding hydrogens is 625 g/mol. The third kappa shape index (κ3) is 3.95. The second-order valence-electron chi connectivity index (χ2n) is 11.2. The summed E-state index contributed by atoms with van der Waals surface area (Å²) < 4.78 is 17.6. The van der Waals surface area contributed by atoms with Crippen LogP contribution in [0.1, 0.15) is 0 Å². The fourth-order valence-corrected chi connectivity index (χ4v) is 8.30. The molecule has 208 valence electrons.